The van der Waals surface area contributed by atoms with Crippen LogP contribution in [0.15, 0.2) is 61.4 Å². The standard InChI is InChI=1S/C17H12N8/c1-2-14-15(19-6-1)16(24-23-14)22-12-3-4-13-11(8-12)5-7-20-17(13)25-10-18-9-21-25/h1-10H,(H2,22,23,24). The molecule has 0 atom stereocenters. The zero-order chi connectivity index (χ0) is 16.6. The number of nitrogens with one attached hydrogen (secondary N) is 2. The number of nitrogens with zero attached hydrogens (tertiary/aromatic N) is 6. The number of benzene rings is 1. The quantitative estimate of drug-likeness (QED) is 0.528. The smallest absolute Gasteiger partial charge is 0.178 e. The molecule has 0 unspecified atom stereocenters. The third kappa shape index (κ3) is 2.27. The Morgan fingerprint density at radius 2 is 2.04 bits per heavy atom. The van der Waals surface area contributed by atoms with E-state index in [-0.39, 0.29) is 0 Å². The summed E-state index contributed by atoms with van der Waals surface area (Å²) in [6.45, 7) is 0. The fourth-order valence-corrected chi connectivity index (χ4v) is 2.82. The molecule has 0 saturated carbocycles. The Kier molecular flexibility index (Phi) is 2.93. The molecule has 4 heterocycles. The molecule has 0 radical (unpaired) electrons. The van der Waals surface area contributed by atoms with Gasteiger partial charge in [0.2, 0.25) is 0 Å². The predicted octanol–water partition coefficient (Wildman–Crippen LogP) is 2.83. The van der Waals surface area contributed by atoms with Crippen LogP contribution >= 0.6 is 0 Å². The van der Waals surface area contributed by atoms with E-state index in [1.165, 1.54) is 6.33 Å². The first kappa shape index (κ1) is 13.6. The Balaban J connectivity index is 1.57. The number of H-pyrrole nitrogens is 1. The second-order valence-corrected chi connectivity index (χ2v) is 5.51. The Morgan fingerprint density at radius 3 is 2.96 bits per heavy atom. The fourth-order valence-electron chi connectivity index (χ4n) is 2.82. The number of aromatic nitrogens is 7. The van der Waals surface area contributed by atoms with Crippen LogP contribution in [-0.4, -0.2) is 34.9 Å². The minimum atomic E-state index is 0.695. The van der Waals surface area contributed by atoms with Crippen molar-refractivity contribution in [2.24, 2.45) is 0 Å². The van der Waals surface area contributed by atoms with Crippen LogP contribution in [0.3, 0.4) is 0 Å². The largest absolute Gasteiger partial charge is 0.337 e. The number of rotatable bonds is 3. The summed E-state index contributed by atoms with van der Waals surface area (Å²) in [6, 6.07) is 11.8. The van der Waals surface area contributed by atoms with Gasteiger partial charge in [0.1, 0.15) is 18.2 Å². The van der Waals surface area contributed by atoms with Gasteiger partial charge in [-0.1, -0.05) is 0 Å². The SMILES string of the molecule is c1cnc2c(Nc3ccc4c(-n5cncn5)nccc4c3)n[nH]c2c1. The van der Waals surface area contributed by atoms with Gasteiger partial charge in [-0.2, -0.15) is 10.2 Å². The number of hydrogen-bond acceptors (Lipinski definition) is 6. The molecule has 0 aliphatic carbocycles. The van der Waals surface area contributed by atoms with Crippen molar-refractivity contribution in [2.75, 3.05) is 5.32 Å². The second kappa shape index (κ2) is 5.38. The maximum atomic E-state index is 4.41. The van der Waals surface area contributed by atoms with E-state index in [1.807, 2.05) is 36.4 Å². The van der Waals surface area contributed by atoms with E-state index >= 15 is 0 Å². The van der Waals surface area contributed by atoms with Crippen molar-refractivity contribution in [1.29, 1.82) is 0 Å². The molecule has 4 aromatic heterocycles. The molecule has 1 aromatic carbocycles. The van der Waals surface area contributed by atoms with Gasteiger partial charge in [-0.25, -0.2) is 14.6 Å². The molecule has 120 valence electrons. The molecule has 5 rings (SSSR count). The first-order valence-corrected chi connectivity index (χ1v) is 7.68. The molecule has 0 fully saturated rings. The number of aromatic amines is 1. The summed E-state index contributed by atoms with van der Waals surface area (Å²) >= 11 is 0. The minimum absolute atomic E-state index is 0.695. The molecule has 25 heavy (non-hydrogen) atoms. The van der Waals surface area contributed by atoms with Gasteiger partial charge >= 0.3 is 0 Å². The third-order valence-electron chi connectivity index (χ3n) is 3.96. The van der Waals surface area contributed by atoms with E-state index in [4.69, 9.17) is 0 Å². The second-order valence-electron chi connectivity index (χ2n) is 5.51. The summed E-state index contributed by atoms with van der Waals surface area (Å²) in [4.78, 5) is 12.8. The van der Waals surface area contributed by atoms with Crippen LogP contribution in [0.25, 0.3) is 27.6 Å². The lowest BCUT2D eigenvalue weighted by molar-refractivity contribution is 0.854. The van der Waals surface area contributed by atoms with Crippen LogP contribution < -0.4 is 5.32 Å². The Morgan fingerprint density at radius 1 is 1.04 bits per heavy atom. The highest BCUT2D eigenvalue weighted by atomic mass is 15.3. The summed E-state index contributed by atoms with van der Waals surface area (Å²) in [5.74, 6) is 1.44. The van der Waals surface area contributed by atoms with E-state index < -0.39 is 0 Å². The molecule has 2 N–H and O–H groups in total. The average Bonchev–Trinajstić information content (AvgIpc) is 3.32. The zero-order valence-corrected chi connectivity index (χ0v) is 13.0. The lowest BCUT2D eigenvalue weighted by Gasteiger charge is -2.08. The van der Waals surface area contributed by atoms with Crippen molar-refractivity contribution in [3.63, 3.8) is 0 Å². The van der Waals surface area contributed by atoms with Crippen molar-refractivity contribution >= 4 is 33.3 Å². The van der Waals surface area contributed by atoms with Crippen LogP contribution in [0.4, 0.5) is 11.5 Å². The minimum Gasteiger partial charge on any atom is -0.337 e. The summed E-state index contributed by atoms with van der Waals surface area (Å²) in [7, 11) is 0. The first-order chi connectivity index (χ1) is 12.4. The van der Waals surface area contributed by atoms with Crippen molar-refractivity contribution in [2.45, 2.75) is 0 Å². The van der Waals surface area contributed by atoms with Crippen LogP contribution in [-0.2, 0) is 0 Å². The topological polar surface area (TPSA) is 97.2 Å². The van der Waals surface area contributed by atoms with Gasteiger partial charge in [-0.15, -0.1) is 0 Å². The molecule has 5 aromatic rings. The van der Waals surface area contributed by atoms with Gasteiger partial charge in [0.25, 0.3) is 0 Å². The van der Waals surface area contributed by atoms with Gasteiger partial charge in [-0.3, -0.25) is 10.1 Å². The van der Waals surface area contributed by atoms with Gasteiger partial charge in [0, 0.05) is 23.5 Å². The molecular formula is C17H12N8. The van der Waals surface area contributed by atoms with E-state index in [2.05, 4.69) is 35.6 Å². The van der Waals surface area contributed by atoms with E-state index in [1.54, 1.807) is 23.4 Å². The molecule has 0 aliphatic rings. The summed E-state index contributed by atoms with van der Waals surface area (Å²) in [5, 5.41) is 16.8. The average molecular weight is 328 g/mol. The maximum absolute atomic E-state index is 4.41. The molecule has 8 heteroatoms. The highest BCUT2D eigenvalue weighted by molar-refractivity contribution is 5.93. The van der Waals surface area contributed by atoms with Crippen LogP contribution in [0.5, 0.6) is 0 Å². The Labute approximate surface area is 141 Å². The molecule has 0 spiro atoms. The third-order valence-corrected chi connectivity index (χ3v) is 3.96. The molecule has 0 saturated heterocycles. The number of anilines is 2. The van der Waals surface area contributed by atoms with Crippen molar-refractivity contribution in [3.8, 4) is 5.82 Å². The van der Waals surface area contributed by atoms with E-state index in [9.17, 15) is 0 Å². The predicted molar refractivity (Wildman–Crippen MR) is 93.8 cm³/mol. The van der Waals surface area contributed by atoms with Gasteiger partial charge < -0.3 is 5.32 Å². The van der Waals surface area contributed by atoms with Crippen LogP contribution in [0.2, 0.25) is 0 Å². The highest BCUT2D eigenvalue weighted by Gasteiger charge is 2.09. The molecule has 0 bridgehead atoms. The van der Waals surface area contributed by atoms with E-state index in [0.717, 1.165) is 33.3 Å². The van der Waals surface area contributed by atoms with Gasteiger partial charge in [0.05, 0.1) is 5.52 Å². The number of pyridine rings is 2. The van der Waals surface area contributed by atoms with Crippen molar-refractivity contribution in [1.82, 2.24) is 34.9 Å². The van der Waals surface area contributed by atoms with Gasteiger partial charge in [-0.05, 0) is 41.8 Å². The molecule has 0 amide bonds. The van der Waals surface area contributed by atoms with Crippen LogP contribution in [0.1, 0.15) is 0 Å². The Bertz CT molecular complexity index is 1180. The number of fused-ring (bicyclic) bond motifs is 2. The monoisotopic (exact) mass is 328 g/mol. The zero-order valence-electron chi connectivity index (χ0n) is 13.0. The number of hydrogen-bond donors (Lipinski definition) is 2. The van der Waals surface area contributed by atoms with Crippen molar-refractivity contribution < 1.29 is 0 Å². The maximum Gasteiger partial charge on any atom is 0.178 e. The molecule has 0 aliphatic heterocycles. The normalized spacial score (nSPS) is 11.2. The summed E-state index contributed by atoms with van der Waals surface area (Å²) in [5.41, 5.74) is 2.62. The molecule has 8 nitrogen and oxygen atoms in total. The molecular weight excluding hydrogens is 316 g/mol. The fraction of sp³-hybridized carbons (Fsp3) is 0. The Hall–Kier alpha value is -3.81. The van der Waals surface area contributed by atoms with Crippen LogP contribution in [0, 0.1) is 0 Å². The lowest BCUT2D eigenvalue weighted by Crippen LogP contribution is -1.99. The van der Waals surface area contributed by atoms with Crippen molar-refractivity contribution in [3.05, 3.63) is 61.4 Å². The van der Waals surface area contributed by atoms with Gasteiger partial charge in [0.15, 0.2) is 11.6 Å². The van der Waals surface area contributed by atoms with E-state index in [0.29, 0.717) is 5.82 Å². The summed E-state index contributed by atoms with van der Waals surface area (Å²) < 4.78 is 1.65. The highest BCUT2D eigenvalue weighted by Crippen LogP contribution is 2.26. The first-order valence-electron chi connectivity index (χ1n) is 7.68. The lowest BCUT2D eigenvalue weighted by atomic mass is 10.1. The summed E-state index contributed by atoms with van der Waals surface area (Å²) in [6.07, 6.45) is 6.63.